The maximum Gasteiger partial charge on any atom is 0.227 e. The smallest absolute Gasteiger partial charge is 0.227 e. The van der Waals surface area contributed by atoms with Crippen molar-refractivity contribution < 1.29 is 26.3 Å². The quantitative estimate of drug-likeness (QED) is 0.361. The number of fused-ring (bicyclic) bond motifs is 1. The van der Waals surface area contributed by atoms with Crippen LogP contribution in [-0.2, 0) is 16.6 Å². The molecule has 12 heteroatoms. The minimum atomic E-state index is -3.40. The lowest BCUT2D eigenvalue weighted by molar-refractivity contribution is 0.0960. The molecule has 41 heavy (non-hydrogen) atoms. The van der Waals surface area contributed by atoms with Crippen LogP contribution in [-0.4, -0.2) is 53.2 Å². The van der Waals surface area contributed by atoms with Gasteiger partial charge in [-0.15, -0.1) is 0 Å². The normalized spacial score (nSPS) is 18.9. The third kappa shape index (κ3) is 6.13. The van der Waals surface area contributed by atoms with Crippen LogP contribution in [0.3, 0.4) is 0 Å². The minimum Gasteiger partial charge on any atom is -0.481 e. The predicted molar refractivity (Wildman–Crippen MR) is 152 cm³/mol. The number of hydrogen-bond donors (Lipinski definition) is 1. The summed E-state index contributed by atoms with van der Waals surface area (Å²) in [6.07, 6.45) is 3.13. The first-order valence-electron chi connectivity index (χ1n) is 13.7. The van der Waals surface area contributed by atoms with Crippen molar-refractivity contribution in [2.75, 3.05) is 29.1 Å². The second-order valence-electron chi connectivity index (χ2n) is 11.2. The van der Waals surface area contributed by atoms with Crippen LogP contribution < -0.4 is 15.0 Å². The Hall–Kier alpha value is -3.38. The van der Waals surface area contributed by atoms with Gasteiger partial charge in [-0.3, -0.25) is 0 Å². The van der Waals surface area contributed by atoms with Crippen LogP contribution >= 0.6 is 0 Å². The first-order chi connectivity index (χ1) is 19.4. The molecule has 0 bridgehead atoms. The molecule has 5 rings (SSSR count). The van der Waals surface area contributed by atoms with Gasteiger partial charge in [0.2, 0.25) is 16.0 Å². The average Bonchev–Trinajstić information content (AvgIpc) is 2.91. The average molecular weight is 590 g/mol. The Balaban J connectivity index is 1.42. The van der Waals surface area contributed by atoms with E-state index in [0.717, 1.165) is 19.0 Å². The van der Waals surface area contributed by atoms with Gasteiger partial charge in [0, 0.05) is 35.9 Å². The number of nitrogens with zero attached hydrogens (tertiary/aromatic N) is 4. The summed E-state index contributed by atoms with van der Waals surface area (Å²) in [5.74, 6) is -1.80. The van der Waals surface area contributed by atoms with Gasteiger partial charge in [0.15, 0.2) is 17.4 Å². The molecule has 3 aromatic rings. The Bertz CT molecular complexity index is 1570. The molecule has 1 unspecified atom stereocenters. The zero-order valence-corrected chi connectivity index (χ0v) is 24.4. The van der Waals surface area contributed by atoms with Gasteiger partial charge in [-0.1, -0.05) is 13.0 Å². The van der Waals surface area contributed by atoms with Crippen molar-refractivity contribution in [1.82, 2.24) is 14.3 Å². The molecule has 2 aliphatic heterocycles. The zero-order valence-electron chi connectivity index (χ0n) is 23.5. The molecule has 1 saturated heterocycles. The number of ether oxygens (including phenoxy) is 1. The van der Waals surface area contributed by atoms with Crippen LogP contribution in [0.1, 0.15) is 52.5 Å². The van der Waals surface area contributed by atoms with E-state index in [1.807, 2.05) is 27.7 Å². The van der Waals surface area contributed by atoms with Gasteiger partial charge in [0.05, 0.1) is 24.2 Å². The van der Waals surface area contributed by atoms with Crippen molar-refractivity contribution in [1.29, 1.82) is 0 Å². The van der Waals surface area contributed by atoms with Gasteiger partial charge in [0.1, 0.15) is 17.1 Å². The molecule has 0 amide bonds. The number of aromatic nitrogens is 2. The summed E-state index contributed by atoms with van der Waals surface area (Å²) >= 11 is 0. The van der Waals surface area contributed by atoms with E-state index >= 15 is 4.39 Å². The molecule has 220 valence electrons. The molecule has 0 saturated carbocycles. The van der Waals surface area contributed by atoms with Crippen molar-refractivity contribution >= 4 is 27.3 Å². The van der Waals surface area contributed by atoms with Crippen LogP contribution in [0.4, 0.5) is 30.5 Å². The number of rotatable bonds is 7. The number of anilines is 3. The highest BCUT2D eigenvalue weighted by Crippen LogP contribution is 2.43. The summed E-state index contributed by atoms with van der Waals surface area (Å²) in [5.41, 5.74) is 0.538. The van der Waals surface area contributed by atoms with E-state index in [1.54, 1.807) is 12.1 Å². The molecule has 0 radical (unpaired) electrons. The standard InChI is InChI=1S/C29H34F3N5O3S/c1-5-18(2)37-17-29(3,4)40-27-23(31)12-20(13-25(27)37)26-24(32)15-33-28(35-26)34-21-9-8-19(22(30)14-21)16-36-10-6-7-11-41(36,38)39/h8-9,12-15,18H,5-7,10-11,16-17H2,1-4H3,(H,33,34,35). The Morgan fingerprint density at radius 3 is 2.59 bits per heavy atom. The summed E-state index contributed by atoms with van der Waals surface area (Å²) in [4.78, 5) is 10.3. The van der Waals surface area contributed by atoms with Crippen LogP contribution in [0.15, 0.2) is 36.5 Å². The Labute approximate surface area is 238 Å². The fourth-order valence-electron chi connectivity index (χ4n) is 5.17. The number of sulfonamides is 1. The van der Waals surface area contributed by atoms with E-state index in [0.29, 0.717) is 30.9 Å². The third-order valence-electron chi connectivity index (χ3n) is 7.51. The third-order valence-corrected chi connectivity index (χ3v) is 9.42. The Kier molecular flexibility index (Phi) is 7.90. The fraction of sp³-hybridized carbons (Fsp3) is 0.448. The van der Waals surface area contributed by atoms with E-state index in [-0.39, 0.29) is 46.9 Å². The van der Waals surface area contributed by atoms with Crippen molar-refractivity contribution in [3.05, 3.63) is 59.5 Å². The molecule has 1 fully saturated rings. The lowest BCUT2D eigenvalue weighted by Crippen LogP contribution is -2.50. The highest BCUT2D eigenvalue weighted by atomic mass is 32.2. The van der Waals surface area contributed by atoms with Gasteiger partial charge in [-0.05, 0) is 64.3 Å². The molecule has 0 aliphatic carbocycles. The number of hydrogen-bond acceptors (Lipinski definition) is 7. The van der Waals surface area contributed by atoms with Gasteiger partial charge in [-0.2, -0.15) is 4.31 Å². The van der Waals surface area contributed by atoms with E-state index in [2.05, 4.69) is 20.2 Å². The van der Waals surface area contributed by atoms with Crippen LogP contribution in [0, 0.1) is 17.5 Å². The maximum absolute atomic E-state index is 15.4. The summed E-state index contributed by atoms with van der Waals surface area (Å²) < 4.78 is 77.1. The highest BCUT2D eigenvalue weighted by Gasteiger charge is 2.36. The van der Waals surface area contributed by atoms with Crippen molar-refractivity contribution in [3.63, 3.8) is 0 Å². The van der Waals surface area contributed by atoms with Gasteiger partial charge in [-0.25, -0.2) is 31.6 Å². The van der Waals surface area contributed by atoms with Crippen LogP contribution in [0.2, 0.25) is 0 Å². The minimum absolute atomic E-state index is 0.0125. The summed E-state index contributed by atoms with van der Waals surface area (Å²) in [6, 6.07) is 7.22. The van der Waals surface area contributed by atoms with E-state index in [1.165, 1.54) is 22.5 Å². The van der Waals surface area contributed by atoms with Crippen LogP contribution in [0.25, 0.3) is 11.3 Å². The number of halogens is 3. The summed E-state index contributed by atoms with van der Waals surface area (Å²) in [7, 11) is -3.40. The first kappa shape index (κ1) is 29.1. The lowest BCUT2D eigenvalue weighted by atomic mass is 10.00. The SMILES string of the molecule is CCC(C)N1CC(C)(C)Oc2c(F)cc(-c3nc(Nc4ccc(CN5CCCCS5(=O)=O)c(F)c4)ncc3F)cc21. The molecule has 0 spiro atoms. The van der Waals surface area contributed by atoms with Crippen molar-refractivity contribution in [2.24, 2.45) is 0 Å². The van der Waals surface area contributed by atoms with Gasteiger partial charge < -0.3 is 15.0 Å². The molecule has 1 N–H and O–H groups in total. The lowest BCUT2D eigenvalue weighted by Gasteiger charge is -2.44. The number of benzene rings is 2. The maximum atomic E-state index is 15.4. The van der Waals surface area contributed by atoms with Crippen LogP contribution in [0.5, 0.6) is 5.75 Å². The second kappa shape index (κ2) is 11.1. The summed E-state index contributed by atoms with van der Waals surface area (Å²) in [5, 5.41) is 2.86. The molecular weight excluding hydrogens is 555 g/mol. The monoisotopic (exact) mass is 589 g/mol. The van der Waals surface area contributed by atoms with E-state index < -0.39 is 33.1 Å². The second-order valence-corrected chi connectivity index (χ2v) is 13.3. The molecule has 3 heterocycles. The Morgan fingerprint density at radius 2 is 1.88 bits per heavy atom. The Morgan fingerprint density at radius 1 is 1.10 bits per heavy atom. The first-order valence-corrected chi connectivity index (χ1v) is 15.3. The highest BCUT2D eigenvalue weighted by molar-refractivity contribution is 7.89. The molecule has 1 aromatic heterocycles. The van der Waals surface area contributed by atoms with Crippen molar-refractivity contribution in [3.8, 4) is 17.0 Å². The molecule has 2 aliphatic rings. The van der Waals surface area contributed by atoms with Gasteiger partial charge in [0.25, 0.3) is 0 Å². The van der Waals surface area contributed by atoms with E-state index in [4.69, 9.17) is 4.74 Å². The summed E-state index contributed by atoms with van der Waals surface area (Å²) in [6.45, 7) is 8.71. The molecule has 1 atom stereocenters. The van der Waals surface area contributed by atoms with Crippen molar-refractivity contribution in [2.45, 2.75) is 65.1 Å². The molecule has 2 aromatic carbocycles. The largest absolute Gasteiger partial charge is 0.481 e. The molecule has 8 nitrogen and oxygen atoms in total. The predicted octanol–water partition coefficient (Wildman–Crippen LogP) is 6.01. The molecular formula is C29H34F3N5O3S. The topological polar surface area (TPSA) is 87.7 Å². The number of nitrogens with one attached hydrogen (secondary N) is 1. The van der Waals surface area contributed by atoms with E-state index in [9.17, 15) is 17.2 Å². The van der Waals surface area contributed by atoms with Gasteiger partial charge >= 0.3 is 0 Å². The fourth-order valence-corrected chi connectivity index (χ4v) is 6.74. The zero-order chi connectivity index (χ0) is 29.5.